The molecule has 0 radical (unpaired) electrons. The van der Waals surface area contributed by atoms with Gasteiger partial charge in [0.25, 0.3) is 0 Å². The van der Waals surface area contributed by atoms with Gasteiger partial charge < -0.3 is 8.83 Å². The van der Waals surface area contributed by atoms with E-state index in [0.29, 0.717) is 0 Å². The molecule has 0 unspecified atom stereocenters. The number of rotatable bonds is 6. The van der Waals surface area contributed by atoms with Crippen LogP contribution >= 0.6 is 0 Å². The second kappa shape index (κ2) is 6.70. The maximum Gasteiger partial charge on any atom is 0.126 e. The number of hydrogen-bond acceptors (Lipinski definition) is 2. The van der Waals surface area contributed by atoms with Gasteiger partial charge in [-0.25, -0.2) is 0 Å². The molecule has 18 heavy (non-hydrogen) atoms. The Bertz CT molecular complexity index is 487. The van der Waals surface area contributed by atoms with Crippen LogP contribution in [0.2, 0.25) is 0 Å². The molecule has 2 heterocycles. The van der Waals surface area contributed by atoms with Gasteiger partial charge in [0.2, 0.25) is 0 Å². The summed E-state index contributed by atoms with van der Waals surface area (Å²) >= 11 is 0. The van der Waals surface area contributed by atoms with Crippen LogP contribution in [-0.4, -0.2) is 0 Å². The molecule has 0 fully saturated rings. The van der Waals surface area contributed by atoms with E-state index in [9.17, 15) is 0 Å². The molecule has 0 saturated heterocycles. The Morgan fingerprint density at radius 3 is 2.44 bits per heavy atom. The number of furan rings is 2. The summed E-state index contributed by atoms with van der Waals surface area (Å²) in [6.45, 7) is 2.20. The summed E-state index contributed by atoms with van der Waals surface area (Å²) in [5.41, 5.74) is 1.25. The van der Waals surface area contributed by atoms with Crippen LogP contribution in [0.3, 0.4) is 0 Å². The SMILES string of the molecule is CCCCC(C=Cc1ccco1)=Cc1ccco1. The zero-order chi connectivity index (χ0) is 12.6. The molecular weight excluding hydrogens is 224 g/mol. The van der Waals surface area contributed by atoms with E-state index in [2.05, 4.69) is 19.1 Å². The van der Waals surface area contributed by atoms with Crippen LogP contribution in [-0.2, 0) is 0 Å². The van der Waals surface area contributed by atoms with Crippen molar-refractivity contribution < 1.29 is 8.83 Å². The van der Waals surface area contributed by atoms with Crippen LogP contribution in [0, 0.1) is 0 Å². The van der Waals surface area contributed by atoms with Gasteiger partial charge in [-0.3, -0.25) is 0 Å². The van der Waals surface area contributed by atoms with Gasteiger partial charge in [-0.2, -0.15) is 0 Å². The molecule has 94 valence electrons. The molecule has 2 aromatic rings. The summed E-state index contributed by atoms with van der Waals surface area (Å²) < 4.78 is 10.6. The van der Waals surface area contributed by atoms with Gasteiger partial charge in [0, 0.05) is 0 Å². The zero-order valence-electron chi connectivity index (χ0n) is 10.6. The fourth-order valence-corrected chi connectivity index (χ4v) is 1.72. The summed E-state index contributed by atoms with van der Waals surface area (Å²) in [6.07, 6.45) is 12.9. The maximum atomic E-state index is 5.35. The van der Waals surface area contributed by atoms with E-state index in [1.54, 1.807) is 12.5 Å². The van der Waals surface area contributed by atoms with Crippen molar-refractivity contribution in [3.63, 3.8) is 0 Å². The van der Waals surface area contributed by atoms with Gasteiger partial charge in [0.15, 0.2) is 0 Å². The highest BCUT2D eigenvalue weighted by atomic mass is 16.3. The molecule has 2 aromatic heterocycles. The van der Waals surface area contributed by atoms with Crippen molar-refractivity contribution in [1.82, 2.24) is 0 Å². The lowest BCUT2D eigenvalue weighted by Crippen LogP contribution is -1.80. The van der Waals surface area contributed by atoms with Crippen LogP contribution in [0.4, 0.5) is 0 Å². The second-order valence-corrected chi connectivity index (χ2v) is 4.19. The van der Waals surface area contributed by atoms with E-state index in [1.807, 2.05) is 30.3 Å². The maximum absolute atomic E-state index is 5.35. The topological polar surface area (TPSA) is 26.3 Å². The molecule has 2 rings (SSSR count). The standard InChI is InChI=1S/C16H18O2/c1-2-3-6-14(13-16-8-5-12-18-16)9-10-15-7-4-11-17-15/h4-5,7-13H,2-3,6H2,1H3. The molecule has 2 nitrogen and oxygen atoms in total. The first-order chi connectivity index (χ1) is 8.88. The quantitative estimate of drug-likeness (QED) is 0.654. The highest BCUT2D eigenvalue weighted by Gasteiger charge is 1.97. The third-order valence-corrected chi connectivity index (χ3v) is 2.69. The Hall–Kier alpha value is -1.96. The molecule has 0 bridgehead atoms. The largest absolute Gasteiger partial charge is 0.465 e. The number of hydrogen-bond donors (Lipinski definition) is 0. The number of allylic oxidation sites excluding steroid dienone is 2. The van der Waals surface area contributed by atoms with Crippen molar-refractivity contribution in [2.24, 2.45) is 0 Å². The van der Waals surface area contributed by atoms with Crippen LogP contribution in [0.15, 0.2) is 57.3 Å². The van der Waals surface area contributed by atoms with Crippen LogP contribution in [0.25, 0.3) is 12.2 Å². The van der Waals surface area contributed by atoms with Crippen molar-refractivity contribution in [3.05, 3.63) is 60.0 Å². The summed E-state index contributed by atoms with van der Waals surface area (Å²) in [5, 5.41) is 0. The van der Waals surface area contributed by atoms with E-state index < -0.39 is 0 Å². The second-order valence-electron chi connectivity index (χ2n) is 4.19. The van der Waals surface area contributed by atoms with Gasteiger partial charge in [-0.1, -0.05) is 19.4 Å². The van der Waals surface area contributed by atoms with Crippen molar-refractivity contribution in [2.75, 3.05) is 0 Å². The Morgan fingerprint density at radius 1 is 1.11 bits per heavy atom. The smallest absolute Gasteiger partial charge is 0.126 e. The van der Waals surface area contributed by atoms with Crippen LogP contribution in [0.1, 0.15) is 37.7 Å². The van der Waals surface area contributed by atoms with Crippen molar-refractivity contribution in [3.8, 4) is 0 Å². The monoisotopic (exact) mass is 242 g/mol. The lowest BCUT2D eigenvalue weighted by Gasteiger charge is -1.99. The Morgan fingerprint density at radius 2 is 1.83 bits per heavy atom. The van der Waals surface area contributed by atoms with Crippen molar-refractivity contribution in [1.29, 1.82) is 0 Å². The van der Waals surface area contributed by atoms with E-state index >= 15 is 0 Å². The molecular formula is C16H18O2. The first-order valence-electron chi connectivity index (χ1n) is 6.34. The van der Waals surface area contributed by atoms with Gasteiger partial charge in [0.1, 0.15) is 11.5 Å². The summed E-state index contributed by atoms with van der Waals surface area (Å²) in [4.78, 5) is 0. The Balaban J connectivity index is 2.10. The molecule has 0 aliphatic heterocycles. The lowest BCUT2D eigenvalue weighted by atomic mass is 10.1. The highest BCUT2D eigenvalue weighted by molar-refractivity contribution is 5.57. The molecule has 0 spiro atoms. The first-order valence-corrected chi connectivity index (χ1v) is 6.34. The zero-order valence-corrected chi connectivity index (χ0v) is 10.6. The fourth-order valence-electron chi connectivity index (χ4n) is 1.72. The Labute approximate surface area is 108 Å². The third-order valence-electron chi connectivity index (χ3n) is 2.69. The highest BCUT2D eigenvalue weighted by Crippen LogP contribution is 2.16. The molecule has 0 N–H and O–H groups in total. The lowest BCUT2D eigenvalue weighted by molar-refractivity contribution is 0.555. The summed E-state index contributed by atoms with van der Waals surface area (Å²) in [6, 6.07) is 7.70. The normalized spacial score (nSPS) is 12.4. The minimum atomic E-state index is 0.872. The van der Waals surface area contributed by atoms with E-state index in [0.717, 1.165) is 17.9 Å². The van der Waals surface area contributed by atoms with Crippen LogP contribution < -0.4 is 0 Å². The third kappa shape index (κ3) is 3.81. The molecule has 0 amide bonds. The summed E-state index contributed by atoms with van der Waals surface area (Å²) in [7, 11) is 0. The molecule has 0 aliphatic rings. The van der Waals surface area contributed by atoms with Gasteiger partial charge >= 0.3 is 0 Å². The Kier molecular flexibility index (Phi) is 4.65. The molecule has 0 aromatic carbocycles. The van der Waals surface area contributed by atoms with Crippen molar-refractivity contribution >= 4 is 12.2 Å². The average Bonchev–Trinajstić information content (AvgIpc) is 3.05. The van der Waals surface area contributed by atoms with Crippen LogP contribution in [0.5, 0.6) is 0 Å². The molecule has 2 heteroatoms. The van der Waals surface area contributed by atoms with Crippen molar-refractivity contribution in [2.45, 2.75) is 26.2 Å². The van der Waals surface area contributed by atoms with E-state index in [1.165, 1.54) is 18.4 Å². The van der Waals surface area contributed by atoms with E-state index in [-0.39, 0.29) is 0 Å². The van der Waals surface area contributed by atoms with E-state index in [4.69, 9.17) is 8.83 Å². The molecule has 0 saturated carbocycles. The minimum absolute atomic E-state index is 0.872. The number of unbranched alkanes of at least 4 members (excludes halogenated alkanes) is 1. The predicted octanol–water partition coefficient (Wildman–Crippen LogP) is 5.16. The molecule has 0 atom stereocenters. The fraction of sp³-hybridized carbons (Fsp3) is 0.250. The average molecular weight is 242 g/mol. The molecule has 0 aliphatic carbocycles. The minimum Gasteiger partial charge on any atom is -0.465 e. The first kappa shape index (κ1) is 12.5. The predicted molar refractivity (Wildman–Crippen MR) is 74.0 cm³/mol. The van der Waals surface area contributed by atoms with Gasteiger partial charge in [0.05, 0.1) is 12.5 Å². The van der Waals surface area contributed by atoms with Gasteiger partial charge in [-0.15, -0.1) is 0 Å². The van der Waals surface area contributed by atoms with Gasteiger partial charge in [-0.05, 0) is 54.8 Å². The summed E-state index contributed by atoms with van der Waals surface area (Å²) in [5.74, 6) is 1.77.